The van der Waals surface area contributed by atoms with Gasteiger partial charge in [0.2, 0.25) is 5.91 Å². The molecule has 0 spiro atoms. The van der Waals surface area contributed by atoms with Gasteiger partial charge in [-0.25, -0.2) is 0 Å². The molecule has 0 bridgehead atoms. The second-order valence-corrected chi connectivity index (χ2v) is 10.4. The summed E-state index contributed by atoms with van der Waals surface area (Å²) in [5, 5.41) is 8.27. The highest BCUT2D eigenvalue weighted by atomic mass is 35.5. The van der Waals surface area contributed by atoms with Gasteiger partial charge in [0.05, 0.1) is 24.5 Å². The quantitative estimate of drug-likeness (QED) is 0.221. The first-order valence-electron chi connectivity index (χ1n) is 12.0. The highest BCUT2D eigenvalue weighted by molar-refractivity contribution is 7.99. The van der Waals surface area contributed by atoms with Crippen molar-refractivity contribution in [2.24, 2.45) is 0 Å². The van der Waals surface area contributed by atoms with Crippen molar-refractivity contribution in [1.29, 1.82) is 0 Å². The van der Waals surface area contributed by atoms with Crippen molar-refractivity contribution >= 4 is 58.0 Å². The fourth-order valence-corrected chi connectivity index (χ4v) is 5.51. The Labute approximate surface area is 235 Å². The molecule has 38 heavy (non-hydrogen) atoms. The second-order valence-electron chi connectivity index (χ2n) is 8.50. The zero-order valence-corrected chi connectivity index (χ0v) is 23.1. The number of hydrogen-bond donors (Lipinski definition) is 2. The van der Waals surface area contributed by atoms with E-state index < -0.39 is 0 Å². The number of anilines is 2. The number of aromatic nitrogens is 1. The first-order valence-corrected chi connectivity index (χ1v) is 13.6. The summed E-state index contributed by atoms with van der Waals surface area (Å²) in [5.41, 5.74) is 2.23. The summed E-state index contributed by atoms with van der Waals surface area (Å²) >= 11 is 13.4. The smallest absolute Gasteiger partial charge is 0.224 e. The molecule has 2 atom stereocenters. The minimum atomic E-state index is -0.322. The fraction of sp³-hybridized carbons (Fsp3) is 0.179. The number of halogens is 1. The lowest BCUT2D eigenvalue weighted by Gasteiger charge is -2.26. The van der Waals surface area contributed by atoms with Crippen molar-refractivity contribution in [3.05, 3.63) is 95.5 Å². The first-order chi connectivity index (χ1) is 18.5. The Hall–Kier alpha value is -3.53. The molecular formula is C28H25ClN4O3S2. The van der Waals surface area contributed by atoms with Gasteiger partial charge in [-0.1, -0.05) is 36.4 Å². The Morgan fingerprint density at radius 1 is 1.18 bits per heavy atom. The van der Waals surface area contributed by atoms with E-state index >= 15 is 0 Å². The van der Waals surface area contributed by atoms with Crippen LogP contribution < -0.4 is 20.3 Å². The standard InChI is InChI=1S/C28H25ClN4O3S2/c1-3-24(34)31-20-12-9-18(16-23(20)35-2)33-27(26(32-28(33)37)21-6-4-5-15-30-21)22-13-14-25(36-22)38-19-10-7-17(29)8-11-19/h4-16,26-27H,3H2,1-2H3,(H,31,34)(H,32,37)/t26-,27-/m0/s1. The Kier molecular flexibility index (Phi) is 7.87. The number of ether oxygens (including phenoxy) is 1. The first kappa shape index (κ1) is 26.1. The number of methoxy groups -OCH3 is 1. The van der Waals surface area contributed by atoms with Gasteiger partial charge >= 0.3 is 0 Å². The van der Waals surface area contributed by atoms with Crippen molar-refractivity contribution in [2.45, 2.75) is 35.4 Å². The minimum Gasteiger partial charge on any atom is -0.494 e. The topological polar surface area (TPSA) is 79.6 Å². The SMILES string of the molecule is CCC(=O)Nc1ccc(N2C(=S)N[C@@H](c3ccccn3)[C@@H]2c2ccc(Sc3ccc(Cl)cc3)o2)cc1OC. The number of carbonyl (C=O) groups is 1. The fourth-order valence-electron chi connectivity index (χ4n) is 4.26. The van der Waals surface area contributed by atoms with Crippen molar-refractivity contribution in [3.63, 3.8) is 0 Å². The van der Waals surface area contributed by atoms with E-state index in [0.717, 1.165) is 27.1 Å². The molecule has 1 aliphatic heterocycles. The van der Waals surface area contributed by atoms with Crippen LogP contribution in [0.25, 0.3) is 0 Å². The molecule has 2 aromatic carbocycles. The maximum atomic E-state index is 12.0. The normalized spacial score (nSPS) is 16.8. The van der Waals surface area contributed by atoms with Crippen LogP contribution >= 0.6 is 35.6 Å². The highest BCUT2D eigenvalue weighted by Gasteiger charge is 2.42. The molecule has 194 valence electrons. The van der Waals surface area contributed by atoms with E-state index in [0.29, 0.717) is 28.0 Å². The number of amides is 1. The third-order valence-corrected chi connectivity index (χ3v) is 7.58. The van der Waals surface area contributed by atoms with Gasteiger partial charge < -0.3 is 24.7 Å². The van der Waals surface area contributed by atoms with Gasteiger partial charge in [-0.05, 0) is 72.9 Å². The van der Waals surface area contributed by atoms with Crippen LogP contribution in [0.3, 0.4) is 0 Å². The van der Waals surface area contributed by atoms with Crippen LogP contribution in [-0.2, 0) is 4.79 Å². The Morgan fingerprint density at radius 3 is 2.71 bits per heavy atom. The number of carbonyl (C=O) groups excluding carboxylic acids is 1. The molecule has 5 rings (SSSR count). The lowest BCUT2D eigenvalue weighted by molar-refractivity contribution is -0.115. The average molecular weight is 565 g/mol. The van der Waals surface area contributed by atoms with Crippen LogP contribution in [0, 0.1) is 0 Å². The van der Waals surface area contributed by atoms with E-state index in [1.165, 1.54) is 11.8 Å². The van der Waals surface area contributed by atoms with E-state index in [4.69, 9.17) is 33.0 Å². The zero-order chi connectivity index (χ0) is 26.6. The third kappa shape index (κ3) is 5.50. The summed E-state index contributed by atoms with van der Waals surface area (Å²) in [4.78, 5) is 19.6. The van der Waals surface area contributed by atoms with Gasteiger partial charge in [0, 0.05) is 34.3 Å². The van der Waals surface area contributed by atoms with Gasteiger partial charge in [-0.3, -0.25) is 9.78 Å². The molecule has 0 radical (unpaired) electrons. The summed E-state index contributed by atoms with van der Waals surface area (Å²) in [6.45, 7) is 1.80. The summed E-state index contributed by atoms with van der Waals surface area (Å²) in [6.07, 6.45) is 2.13. The lowest BCUT2D eigenvalue weighted by Crippen LogP contribution is -2.29. The molecule has 2 N–H and O–H groups in total. The number of pyridine rings is 1. The predicted molar refractivity (Wildman–Crippen MR) is 154 cm³/mol. The molecule has 3 heterocycles. The molecule has 1 fully saturated rings. The number of nitrogens with one attached hydrogen (secondary N) is 2. The molecule has 0 saturated carbocycles. The van der Waals surface area contributed by atoms with Crippen LogP contribution in [0.2, 0.25) is 5.02 Å². The number of nitrogens with zero attached hydrogens (tertiary/aromatic N) is 2. The molecule has 1 saturated heterocycles. The Bertz CT molecular complexity index is 1450. The van der Waals surface area contributed by atoms with Crippen LogP contribution in [0.1, 0.15) is 36.9 Å². The van der Waals surface area contributed by atoms with Gasteiger partial charge in [0.25, 0.3) is 0 Å². The molecule has 0 unspecified atom stereocenters. The average Bonchev–Trinajstić information content (AvgIpc) is 3.54. The zero-order valence-electron chi connectivity index (χ0n) is 20.7. The highest BCUT2D eigenvalue weighted by Crippen LogP contribution is 2.44. The number of benzene rings is 2. The van der Waals surface area contributed by atoms with Crippen molar-refractivity contribution < 1.29 is 13.9 Å². The van der Waals surface area contributed by atoms with E-state index in [9.17, 15) is 4.79 Å². The molecule has 1 amide bonds. The van der Waals surface area contributed by atoms with E-state index in [2.05, 4.69) is 15.6 Å². The molecule has 2 aromatic heterocycles. The van der Waals surface area contributed by atoms with Crippen molar-refractivity contribution in [1.82, 2.24) is 10.3 Å². The lowest BCUT2D eigenvalue weighted by atomic mass is 10.0. The van der Waals surface area contributed by atoms with Crippen LogP contribution in [0.5, 0.6) is 5.75 Å². The minimum absolute atomic E-state index is 0.0937. The van der Waals surface area contributed by atoms with Gasteiger partial charge in [-0.15, -0.1) is 0 Å². The second kappa shape index (κ2) is 11.5. The van der Waals surface area contributed by atoms with Gasteiger partial charge in [0.15, 0.2) is 10.2 Å². The Balaban J connectivity index is 1.52. The predicted octanol–water partition coefficient (Wildman–Crippen LogP) is 7.01. The molecule has 7 nitrogen and oxygen atoms in total. The van der Waals surface area contributed by atoms with Crippen LogP contribution in [0.15, 0.2) is 93.4 Å². The van der Waals surface area contributed by atoms with Crippen molar-refractivity contribution in [3.8, 4) is 5.75 Å². The maximum Gasteiger partial charge on any atom is 0.224 e. The van der Waals surface area contributed by atoms with E-state index in [1.807, 2.05) is 77.7 Å². The monoisotopic (exact) mass is 564 g/mol. The number of hydrogen-bond acceptors (Lipinski definition) is 6. The number of rotatable bonds is 8. The molecule has 1 aliphatic rings. The number of thiocarbonyl (C=S) groups is 1. The van der Waals surface area contributed by atoms with Crippen molar-refractivity contribution in [2.75, 3.05) is 17.3 Å². The molecule has 0 aliphatic carbocycles. The van der Waals surface area contributed by atoms with E-state index in [1.54, 1.807) is 20.2 Å². The molecule has 10 heteroatoms. The summed E-state index contributed by atoms with van der Waals surface area (Å²) < 4.78 is 12.0. The van der Waals surface area contributed by atoms with Crippen LogP contribution in [-0.4, -0.2) is 23.1 Å². The summed E-state index contributed by atoms with van der Waals surface area (Å²) in [5.74, 6) is 1.17. The van der Waals surface area contributed by atoms with E-state index in [-0.39, 0.29) is 18.0 Å². The Morgan fingerprint density at radius 2 is 2.00 bits per heavy atom. The van der Waals surface area contributed by atoms with Crippen LogP contribution in [0.4, 0.5) is 11.4 Å². The largest absolute Gasteiger partial charge is 0.494 e. The molecule has 4 aromatic rings. The van der Waals surface area contributed by atoms with Gasteiger partial charge in [-0.2, -0.15) is 0 Å². The maximum absolute atomic E-state index is 12.0. The summed E-state index contributed by atoms with van der Waals surface area (Å²) in [6, 6.07) is 22.3. The molecular weight excluding hydrogens is 540 g/mol. The van der Waals surface area contributed by atoms with Gasteiger partial charge in [0.1, 0.15) is 17.6 Å². The summed E-state index contributed by atoms with van der Waals surface area (Å²) in [7, 11) is 1.57. The third-order valence-electron chi connectivity index (χ3n) is 6.08. The number of furan rings is 1.